The zero-order valence-electron chi connectivity index (χ0n) is 16.5. The highest BCUT2D eigenvalue weighted by molar-refractivity contribution is 5.93. The molecule has 0 aliphatic carbocycles. The fourth-order valence-corrected chi connectivity index (χ4v) is 2.34. The van der Waals surface area contributed by atoms with E-state index in [-0.39, 0.29) is 25.4 Å². The molecule has 0 spiro atoms. The minimum absolute atomic E-state index is 0.0191. The van der Waals surface area contributed by atoms with Crippen LogP contribution in [0, 0.1) is 6.92 Å². The van der Waals surface area contributed by atoms with E-state index in [0.29, 0.717) is 23.8 Å². The molecule has 154 valence electrons. The van der Waals surface area contributed by atoms with E-state index in [1.165, 1.54) is 0 Å². The van der Waals surface area contributed by atoms with E-state index in [4.69, 9.17) is 9.47 Å². The molecule has 3 N–H and O–H groups in total. The molecule has 0 saturated carbocycles. The third-order valence-electron chi connectivity index (χ3n) is 3.73. The second kappa shape index (κ2) is 11.3. The summed E-state index contributed by atoms with van der Waals surface area (Å²) in [6, 6.07) is 14.2. The van der Waals surface area contributed by atoms with Crippen LogP contribution in [-0.2, 0) is 14.4 Å². The van der Waals surface area contributed by atoms with Gasteiger partial charge in [-0.3, -0.25) is 25.2 Å². The summed E-state index contributed by atoms with van der Waals surface area (Å²) in [4.78, 5) is 35.4. The van der Waals surface area contributed by atoms with Crippen LogP contribution in [0.4, 0.5) is 5.69 Å². The molecular weight excluding hydrogens is 374 g/mol. The van der Waals surface area contributed by atoms with Gasteiger partial charge in [-0.25, -0.2) is 0 Å². The number of rotatable bonds is 9. The summed E-state index contributed by atoms with van der Waals surface area (Å²) < 4.78 is 10.7. The van der Waals surface area contributed by atoms with E-state index >= 15 is 0 Å². The van der Waals surface area contributed by atoms with Gasteiger partial charge in [0.15, 0.2) is 6.61 Å². The third-order valence-corrected chi connectivity index (χ3v) is 3.73. The van der Waals surface area contributed by atoms with Crippen molar-refractivity contribution in [2.24, 2.45) is 0 Å². The molecule has 3 amide bonds. The Hall–Kier alpha value is -3.55. The van der Waals surface area contributed by atoms with Crippen LogP contribution < -0.4 is 25.6 Å². The molecule has 8 heteroatoms. The first kappa shape index (κ1) is 21.7. The van der Waals surface area contributed by atoms with Gasteiger partial charge in [-0.2, -0.15) is 0 Å². The van der Waals surface area contributed by atoms with Crippen LogP contribution in [0.2, 0.25) is 0 Å². The second-order valence-electron chi connectivity index (χ2n) is 6.21. The van der Waals surface area contributed by atoms with Crippen LogP contribution in [0.25, 0.3) is 0 Å². The maximum Gasteiger partial charge on any atom is 0.276 e. The van der Waals surface area contributed by atoms with Crippen molar-refractivity contribution in [1.29, 1.82) is 0 Å². The van der Waals surface area contributed by atoms with Crippen molar-refractivity contribution in [3.8, 4) is 11.5 Å². The fraction of sp³-hybridized carbons (Fsp3) is 0.286. The zero-order valence-corrected chi connectivity index (χ0v) is 16.5. The second-order valence-corrected chi connectivity index (χ2v) is 6.21. The number of carbonyl (C=O) groups excluding carboxylic acids is 3. The molecule has 2 aromatic carbocycles. The summed E-state index contributed by atoms with van der Waals surface area (Å²) >= 11 is 0. The lowest BCUT2D eigenvalue weighted by Crippen LogP contribution is -2.44. The molecular formula is C21H25N3O5. The Morgan fingerprint density at radius 3 is 2.21 bits per heavy atom. The first-order chi connectivity index (χ1) is 14.0. The number of benzene rings is 2. The van der Waals surface area contributed by atoms with Crippen LogP contribution in [0.15, 0.2) is 48.5 Å². The lowest BCUT2D eigenvalue weighted by atomic mass is 10.2. The highest BCUT2D eigenvalue weighted by atomic mass is 16.5. The minimum atomic E-state index is -0.501. The molecule has 2 aromatic rings. The Kier molecular flexibility index (Phi) is 8.50. The molecule has 0 atom stereocenters. The predicted molar refractivity (Wildman–Crippen MR) is 108 cm³/mol. The average molecular weight is 399 g/mol. The lowest BCUT2D eigenvalue weighted by Gasteiger charge is -2.09. The van der Waals surface area contributed by atoms with Crippen LogP contribution in [0.3, 0.4) is 0 Å². The van der Waals surface area contributed by atoms with E-state index in [1.807, 2.05) is 26.0 Å². The lowest BCUT2D eigenvalue weighted by molar-refractivity contribution is -0.130. The van der Waals surface area contributed by atoms with Crippen molar-refractivity contribution in [3.05, 3.63) is 54.1 Å². The number of ether oxygens (including phenoxy) is 2. The number of amides is 3. The van der Waals surface area contributed by atoms with E-state index in [9.17, 15) is 14.4 Å². The number of hydrogen-bond acceptors (Lipinski definition) is 5. The summed E-state index contributed by atoms with van der Waals surface area (Å²) in [5.74, 6) is -0.00250. The SMILES string of the molecule is CCOc1ccc(NC(=O)CCC(=O)NNC(=O)COc2cccc(C)c2)cc1. The summed E-state index contributed by atoms with van der Waals surface area (Å²) in [6.07, 6.45) is -0.0867. The Labute approximate surface area is 169 Å². The summed E-state index contributed by atoms with van der Waals surface area (Å²) in [5, 5.41) is 2.69. The molecule has 0 aliphatic rings. The first-order valence-corrected chi connectivity index (χ1v) is 9.26. The molecule has 0 saturated heterocycles. The molecule has 0 heterocycles. The third kappa shape index (κ3) is 8.34. The van der Waals surface area contributed by atoms with Gasteiger partial charge < -0.3 is 14.8 Å². The van der Waals surface area contributed by atoms with Crippen LogP contribution in [0.5, 0.6) is 11.5 Å². The van der Waals surface area contributed by atoms with Gasteiger partial charge in [-0.1, -0.05) is 12.1 Å². The molecule has 0 radical (unpaired) electrons. The maximum absolute atomic E-state index is 11.9. The summed E-state index contributed by atoms with van der Waals surface area (Å²) in [6.45, 7) is 4.14. The molecule has 0 fully saturated rings. The summed E-state index contributed by atoms with van der Waals surface area (Å²) in [7, 11) is 0. The molecule has 8 nitrogen and oxygen atoms in total. The smallest absolute Gasteiger partial charge is 0.276 e. The number of hydrazine groups is 1. The maximum atomic E-state index is 11.9. The van der Waals surface area contributed by atoms with E-state index in [1.54, 1.807) is 36.4 Å². The average Bonchev–Trinajstić information content (AvgIpc) is 2.71. The van der Waals surface area contributed by atoms with E-state index in [2.05, 4.69) is 16.2 Å². The predicted octanol–water partition coefficient (Wildman–Crippen LogP) is 2.34. The molecule has 0 aromatic heterocycles. The van der Waals surface area contributed by atoms with Gasteiger partial charge in [0.05, 0.1) is 6.61 Å². The highest BCUT2D eigenvalue weighted by Crippen LogP contribution is 2.16. The van der Waals surface area contributed by atoms with Crippen LogP contribution >= 0.6 is 0 Å². The number of anilines is 1. The van der Waals surface area contributed by atoms with Crippen molar-refractivity contribution in [2.75, 3.05) is 18.5 Å². The topological polar surface area (TPSA) is 106 Å². The quantitative estimate of drug-likeness (QED) is 0.561. The van der Waals surface area contributed by atoms with Gasteiger partial charge in [-0.15, -0.1) is 0 Å². The van der Waals surface area contributed by atoms with Crippen LogP contribution in [-0.4, -0.2) is 30.9 Å². The van der Waals surface area contributed by atoms with Gasteiger partial charge in [0.25, 0.3) is 5.91 Å². The van der Waals surface area contributed by atoms with Crippen molar-refractivity contribution in [1.82, 2.24) is 10.9 Å². The van der Waals surface area contributed by atoms with Gasteiger partial charge in [-0.05, 0) is 55.8 Å². The zero-order chi connectivity index (χ0) is 21.1. The molecule has 0 unspecified atom stereocenters. The Morgan fingerprint density at radius 1 is 0.828 bits per heavy atom. The Balaban J connectivity index is 1.63. The van der Waals surface area contributed by atoms with Crippen molar-refractivity contribution in [3.63, 3.8) is 0 Å². The van der Waals surface area contributed by atoms with Gasteiger partial charge >= 0.3 is 0 Å². The van der Waals surface area contributed by atoms with Gasteiger partial charge in [0, 0.05) is 18.5 Å². The van der Waals surface area contributed by atoms with Crippen molar-refractivity contribution >= 4 is 23.4 Å². The largest absolute Gasteiger partial charge is 0.494 e. The normalized spacial score (nSPS) is 10.0. The monoisotopic (exact) mass is 399 g/mol. The molecule has 2 rings (SSSR count). The summed E-state index contributed by atoms with van der Waals surface area (Å²) in [5.41, 5.74) is 6.13. The molecule has 0 bridgehead atoms. The van der Waals surface area contributed by atoms with Crippen LogP contribution in [0.1, 0.15) is 25.3 Å². The van der Waals surface area contributed by atoms with E-state index < -0.39 is 11.8 Å². The van der Waals surface area contributed by atoms with Gasteiger partial charge in [0.2, 0.25) is 11.8 Å². The number of nitrogens with one attached hydrogen (secondary N) is 3. The number of hydrogen-bond donors (Lipinski definition) is 3. The fourth-order valence-electron chi connectivity index (χ4n) is 2.34. The Bertz CT molecular complexity index is 836. The number of aryl methyl sites for hydroxylation is 1. The van der Waals surface area contributed by atoms with Gasteiger partial charge in [0.1, 0.15) is 11.5 Å². The van der Waals surface area contributed by atoms with E-state index in [0.717, 1.165) is 5.56 Å². The highest BCUT2D eigenvalue weighted by Gasteiger charge is 2.09. The standard InChI is InChI=1S/C21H25N3O5/c1-3-28-17-9-7-16(8-10-17)22-19(25)11-12-20(26)23-24-21(27)14-29-18-6-4-5-15(2)13-18/h4-10,13H,3,11-12,14H2,1-2H3,(H,22,25)(H,23,26)(H,24,27). The molecule has 0 aliphatic heterocycles. The first-order valence-electron chi connectivity index (χ1n) is 9.26. The minimum Gasteiger partial charge on any atom is -0.494 e. The number of carbonyl (C=O) groups is 3. The van der Waals surface area contributed by atoms with Crippen molar-refractivity contribution < 1.29 is 23.9 Å². The molecule has 29 heavy (non-hydrogen) atoms. The Morgan fingerprint density at radius 2 is 1.52 bits per heavy atom. The van der Waals surface area contributed by atoms with Crippen molar-refractivity contribution in [2.45, 2.75) is 26.7 Å².